The van der Waals surface area contributed by atoms with Crippen molar-refractivity contribution in [2.75, 3.05) is 32.2 Å². The third-order valence-electron chi connectivity index (χ3n) is 14.4. The fourth-order valence-corrected chi connectivity index (χ4v) is 11.0. The lowest BCUT2D eigenvalue weighted by Gasteiger charge is -2.34. The number of nitrogens with one attached hydrogen (secondary N) is 4. The molecule has 0 aliphatic carbocycles. The van der Waals surface area contributed by atoms with Gasteiger partial charge in [-0.25, -0.2) is 19.6 Å². The maximum absolute atomic E-state index is 13.8. The van der Waals surface area contributed by atoms with E-state index in [1.165, 1.54) is 30.9 Å². The number of aromatic amines is 2. The Morgan fingerprint density at radius 1 is 0.606 bits per heavy atom. The quantitative estimate of drug-likeness (QED) is 0.0893. The topological polar surface area (TPSA) is 178 Å². The molecule has 5 aromatic rings. The number of carbonyl (C=O) groups excluding carboxylic acids is 4. The van der Waals surface area contributed by atoms with Crippen LogP contribution in [0.5, 0.6) is 0 Å². The van der Waals surface area contributed by atoms with Crippen LogP contribution >= 0.6 is 23.2 Å². The molecule has 0 radical (unpaired) electrons. The van der Waals surface area contributed by atoms with E-state index in [0.29, 0.717) is 59.3 Å². The summed E-state index contributed by atoms with van der Waals surface area (Å²) in [6.45, 7) is 15.3. The SMILES string of the molecule is COC(=O)NC(C(=O)N1CCCC1c1nc(-c2ccc(C3CCC(c4ccc(-c5nc(C6CCCN6C(=O)C(NC(=O)OC)C(C)C)[nH]c5Cl)cc4)N3c3ccc(C(C)(C)C)cc3)cc2)c(Cl)[nH]1)C(C)C. The van der Waals surface area contributed by atoms with E-state index >= 15 is 0 Å². The maximum atomic E-state index is 13.8. The number of aromatic nitrogens is 4. The van der Waals surface area contributed by atoms with E-state index in [0.717, 1.165) is 42.5 Å². The van der Waals surface area contributed by atoms with Gasteiger partial charge in [0.1, 0.15) is 45.4 Å². The first kappa shape index (κ1) is 51.3. The van der Waals surface area contributed by atoms with Crippen LogP contribution < -0.4 is 15.5 Å². The number of likely N-dealkylation sites (tertiary alicyclic amines) is 2. The summed E-state index contributed by atoms with van der Waals surface area (Å²) >= 11 is 13.8. The van der Waals surface area contributed by atoms with Crippen LogP contribution in [0.15, 0.2) is 72.8 Å². The van der Waals surface area contributed by atoms with Crippen LogP contribution in [0.2, 0.25) is 10.3 Å². The summed E-state index contributed by atoms with van der Waals surface area (Å²) in [6, 6.07) is 23.9. The lowest BCUT2D eigenvalue weighted by atomic mass is 9.87. The number of rotatable bonds is 13. The first-order valence-corrected chi connectivity index (χ1v) is 25.5. The number of carbonyl (C=O) groups is 4. The molecule has 3 aliphatic rings. The van der Waals surface area contributed by atoms with Gasteiger partial charge in [-0.3, -0.25) is 9.59 Å². The number of benzene rings is 3. The molecule has 2 aromatic heterocycles. The lowest BCUT2D eigenvalue weighted by molar-refractivity contribution is -0.136. The molecule has 4 amide bonds. The predicted molar refractivity (Wildman–Crippen MR) is 276 cm³/mol. The van der Waals surface area contributed by atoms with Gasteiger partial charge >= 0.3 is 12.2 Å². The molecule has 3 aliphatic heterocycles. The van der Waals surface area contributed by atoms with Gasteiger partial charge in [-0.2, -0.15) is 0 Å². The van der Waals surface area contributed by atoms with E-state index in [1.807, 2.05) is 27.7 Å². The maximum Gasteiger partial charge on any atom is 0.407 e. The zero-order chi connectivity index (χ0) is 50.9. The smallest absolute Gasteiger partial charge is 0.407 e. The molecule has 5 heterocycles. The Morgan fingerprint density at radius 3 is 1.35 bits per heavy atom. The Morgan fingerprint density at radius 2 is 1.00 bits per heavy atom. The number of ether oxygens (including phenoxy) is 2. The fraction of sp³-hybridized carbons (Fsp3) is 0.481. The Hall–Kier alpha value is -6.06. The molecule has 0 saturated carbocycles. The summed E-state index contributed by atoms with van der Waals surface area (Å²) < 4.78 is 9.62. The molecule has 3 fully saturated rings. The van der Waals surface area contributed by atoms with E-state index in [4.69, 9.17) is 42.6 Å². The van der Waals surface area contributed by atoms with Crippen LogP contribution in [0.1, 0.15) is 139 Å². The zero-order valence-corrected chi connectivity index (χ0v) is 43.7. The molecule has 17 heteroatoms. The van der Waals surface area contributed by atoms with Gasteiger partial charge in [0, 0.05) is 29.9 Å². The lowest BCUT2D eigenvalue weighted by Crippen LogP contribution is -2.51. The van der Waals surface area contributed by atoms with Gasteiger partial charge in [-0.15, -0.1) is 0 Å². The molecule has 4 N–H and O–H groups in total. The molecule has 0 spiro atoms. The van der Waals surface area contributed by atoms with Crippen molar-refractivity contribution in [3.8, 4) is 22.5 Å². The van der Waals surface area contributed by atoms with Crippen molar-refractivity contribution in [1.29, 1.82) is 0 Å². The van der Waals surface area contributed by atoms with Crippen LogP contribution in [0.3, 0.4) is 0 Å². The highest BCUT2D eigenvalue weighted by atomic mass is 35.5. The van der Waals surface area contributed by atoms with Crippen LogP contribution in [0.4, 0.5) is 15.3 Å². The minimum atomic E-state index is -0.737. The van der Waals surface area contributed by atoms with Gasteiger partial charge in [0.2, 0.25) is 11.8 Å². The Labute approximate surface area is 426 Å². The summed E-state index contributed by atoms with van der Waals surface area (Å²) in [5.74, 6) is 0.579. The number of imidazole rings is 2. The Balaban J connectivity index is 1.03. The molecular formula is C54H67Cl2N9O6. The Bertz CT molecular complexity index is 2540. The highest BCUT2D eigenvalue weighted by Crippen LogP contribution is 2.48. The number of amides is 4. The highest BCUT2D eigenvalue weighted by molar-refractivity contribution is 6.32. The molecule has 71 heavy (non-hydrogen) atoms. The van der Waals surface area contributed by atoms with Gasteiger partial charge < -0.3 is 44.8 Å². The Kier molecular flexibility index (Phi) is 15.4. The number of hydrogen-bond acceptors (Lipinski definition) is 9. The van der Waals surface area contributed by atoms with Gasteiger partial charge in [-0.1, -0.05) is 132 Å². The summed E-state index contributed by atoms with van der Waals surface area (Å²) in [7, 11) is 2.57. The van der Waals surface area contributed by atoms with Crippen molar-refractivity contribution in [2.24, 2.45) is 11.8 Å². The second-order valence-corrected chi connectivity index (χ2v) is 21.5. The second-order valence-electron chi connectivity index (χ2n) is 20.7. The highest BCUT2D eigenvalue weighted by Gasteiger charge is 2.41. The van der Waals surface area contributed by atoms with Crippen LogP contribution in [0, 0.1) is 11.8 Å². The zero-order valence-electron chi connectivity index (χ0n) is 42.1. The number of alkyl carbamates (subject to hydrolysis) is 2. The van der Waals surface area contributed by atoms with Crippen molar-refractivity contribution in [1.82, 2.24) is 40.4 Å². The number of halogens is 2. The predicted octanol–water partition coefficient (Wildman–Crippen LogP) is 11.2. The van der Waals surface area contributed by atoms with Crippen molar-refractivity contribution in [2.45, 2.75) is 129 Å². The number of methoxy groups -OCH3 is 2. The molecule has 0 bridgehead atoms. The minimum absolute atomic E-state index is 0.00237. The first-order chi connectivity index (χ1) is 33.9. The van der Waals surface area contributed by atoms with Crippen molar-refractivity contribution in [3.05, 3.63) is 111 Å². The van der Waals surface area contributed by atoms with Crippen molar-refractivity contribution in [3.63, 3.8) is 0 Å². The van der Waals surface area contributed by atoms with E-state index in [-0.39, 0.29) is 53.2 Å². The number of nitrogens with zero attached hydrogens (tertiary/aromatic N) is 5. The summed E-state index contributed by atoms with van der Waals surface area (Å²) in [6.07, 6.45) is 3.58. The largest absolute Gasteiger partial charge is 0.453 e. The summed E-state index contributed by atoms with van der Waals surface area (Å²) in [5.41, 5.74) is 7.68. The van der Waals surface area contributed by atoms with E-state index < -0.39 is 24.3 Å². The number of H-pyrrole nitrogens is 2. The first-order valence-electron chi connectivity index (χ1n) is 24.8. The van der Waals surface area contributed by atoms with E-state index in [2.05, 4.69) is 119 Å². The standard InChI is InChI=1S/C54H67Cl2N9O6/c1-30(2)42(59-52(68)70-8)50(66)63-28-10-12-40(63)48-57-44(46(55)61-48)34-18-14-32(15-19-34)38-26-27-39(65(38)37-24-22-36(23-25-37)54(5,6)7)33-16-20-35(21-17-33)45-47(56)62-49(58-45)41-13-11-29-64(41)51(67)43(31(3)4)60-53(69)71-9/h14-25,30-31,38-43H,10-13,26-29H2,1-9H3,(H,57,61)(H,58,62)(H,59,68)(H,60,69). The fourth-order valence-electron chi connectivity index (χ4n) is 10.5. The third kappa shape index (κ3) is 10.8. The minimum Gasteiger partial charge on any atom is -0.453 e. The molecule has 3 saturated heterocycles. The van der Waals surface area contributed by atoms with Gasteiger partial charge in [-0.05, 0) is 84.6 Å². The van der Waals surface area contributed by atoms with Crippen molar-refractivity contribution >= 4 is 52.9 Å². The van der Waals surface area contributed by atoms with Crippen molar-refractivity contribution < 1.29 is 28.7 Å². The number of hydrogen-bond donors (Lipinski definition) is 4. The second kappa shape index (κ2) is 21.3. The van der Waals surface area contributed by atoms with Gasteiger partial charge in [0.25, 0.3) is 0 Å². The van der Waals surface area contributed by atoms with Gasteiger partial charge in [0.05, 0.1) is 38.4 Å². The van der Waals surface area contributed by atoms with E-state index in [9.17, 15) is 19.2 Å². The normalized spacial score (nSPS) is 20.2. The summed E-state index contributed by atoms with van der Waals surface area (Å²) in [5, 5.41) is 6.22. The molecule has 6 atom stereocenters. The van der Waals surface area contributed by atoms with Crippen LogP contribution in [0.25, 0.3) is 22.5 Å². The van der Waals surface area contributed by atoms with Gasteiger partial charge in [0.15, 0.2) is 0 Å². The average molecular weight is 1010 g/mol. The van der Waals surface area contributed by atoms with E-state index in [1.54, 1.807) is 9.80 Å². The monoisotopic (exact) mass is 1010 g/mol. The van der Waals surface area contributed by atoms with Crippen LogP contribution in [-0.2, 0) is 24.5 Å². The third-order valence-corrected chi connectivity index (χ3v) is 14.9. The molecular weight excluding hydrogens is 942 g/mol. The molecule has 15 nitrogen and oxygen atoms in total. The molecule has 378 valence electrons. The summed E-state index contributed by atoms with van der Waals surface area (Å²) in [4.78, 5) is 74.5. The molecule has 6 unspecified atom stereocenters. The van der Waals surface area contributed by atoms with Crippen LogP contribution in [-0.4, -0.2) is 93.1 Å². The molecule has 3 aromatic carbocycles. The molecule has 8 rings (SSSR count). The number of anilines is 1. The average Bonchev–Trinajstić information content (AvgIpc) is 4.22.